The average Bonchev–Trinajstić information content (AvgIpc) is 2.60. The summed E-state index contributed by atoms with van der Waals surface area (Å²) < 4.78 is 5.12. The predicted octanol–water partition coefficient (Wildman–Crippen LogP) is 3.81. The summed E-state index contributed by atoms with van der Waals surface area (Å²) in [6, 6.07) is 12.1. The Morgan fingerprint density at radius 1 is 1.08 bits per heavy atom. The number of carbonyl (C=O) groups excluding carboxylic acids is 2. The zero-order chi connectivity index (χ0) is 17.5. The molecule has 0 spiro atoms. The zero-order valence-corrected chi connectivity index (χ0v) is 13.0. The predicted molar refractivity (Wildman–Crippen MR) is 88.8 cm³/mol. The molecule has 0 aliphatic carbocycles. The normalized spacial score (nSPS) is 10.5. The van der Waals surface area contributed by atoms with Gasteiger partial charge in [0.2, 0.25) is 0 Å². The molecule has 0 saturated heterocycles. The van der Waals surface area contributed by atoms with Gasteiger partial charge in [0.15, 0.2) is 5.78 Å². The van der Waals surface area contributed by atoms with E-state index in [1.165, 1.54) is 36.4 Å². The molecule has 0 saturated carbocycles. The first kappa shape index (κ1) is 17.1. The van der Waals surface area contributed by atoms with Crippen LogP contribution >= 0.6 is 0 Å². The standard InChI is InChI=1S/C18H15NO5/c1-2-17(20)14-6-10-16(11-7-14)24-18(21)12-5-13-3-8-15(9-4-13)19(22)23/h3-12H,2H2,1H3/b12-5+. The fraction of sp³-hybridized carbons (Fsp3) is 0.111. The van der Waals surface area contributed by atoms with Crippen LogP contribution in [-0.4, -0.2) is 16.7 Å². The van der Waals surface area contributed by atoms with Crippen LogP contribution in [0.1, 0.15) is 29.3 Å². The first-order valence-corrected chi connectivity index (χ1v) is 7.27. The van der Waals surface area contributed by atoms with Gasteiger partial charge in [-0.15, -0.1) is 0 Å². The Bertz CT molecular complexity index is 776. The minimum atomic E-state index is -0.581. The smallest absolute Gasteiger partial charge is 0.336 e. The lowest BCUT2D eigenvalue weighted by Crippen LogP contribution is -2.04. The number of carbonyl (C=O) groups is 2. The van der Waals surface area contributed by atoms with Gasteiger partial charge in [0.1, 0.15) is 5.75 Å². The summed E-state index contributed by atoms with van der Waals surface area (Å²) in [5.41, 5.74) is 1.19. The molecule has 0 N–H and O–H groups in total. The van der Waals surface area contributed by atoms with E-state index in [0.717, 1.165) is 0 Å². The second kappa shape index (κ2) is 7.82. The van der Waals surface area contributed by atoms with Gasteiger partial charge in [-0.05, 0) is 48.0 Å². The number of esters is 1. The fourth-order valence-corrected chi connectivity index (χ4v) is 1.93. The monoisotopic (exact) mass is 325 g/mol. The summed E-state index contributed by atoms with van der Waals surface area (Å²) in [5.74, 6) is -0.227. The van der Waals surface area contributed by atoms with E-state index < -0.39 is 10.9 Å². The number of nitro benzene ring substituents is 1. The maximum absolute atomic E-state index is 11.8. The number of benzene rings is 2. The van der Waals surface area contributed by atoms with Crippen molar-refractivity contribution in [1.82, 2.24) is 0 Å². The van der Waals surface area contributed by atoms with Crippen molar-refractivity contribution in [2.45, 2.75) is 13.3 Å². The molecule has 0 heterocycles. The lowest BCUT2D eigenvalue weighted by atomic mass is 10.1. The highest BCUT2D eigenvalue weighted by molar-refractivity contribution is 5.96. The van der Waals surface area contributed by atoms with E-state index in [0.29, 0.717) is 23.3 Å². The topological polar surface area (TPSA) is 86.5 Å². The van der Waals surface area contributed by atoms with E-state index in [9.17, 15) is 19.7 Å². The van der Waals surface area contributed by atoms with Crippen molar-refractivity contribution < 1.29 is 19.2 Å². The van der Waals surface area contributed by atoms with E-state index in [-0.39, 0.29) is 11.5 Å². The summed E-state index contributed by atoms with van der Waals surface area (Å²) in [5, 5.41) is 10.6. The molecule has 24 heavy (non-hydrogen) atoms. The maximum atomic E-state index is 11.8. The third-order valence-electron chi connectivity index (χ3n) is 3.23. The number of hydrogen-bond donors (Lipinski definition) is 0. The van der Waals surface area contributed by atoms with Crippen LogP contribution in [0.25, 0.3) is 6.08 Å². The lowest BCUT2D eigenvalue weighted by molar-refractivity contribution is -0.384. The molecule has 0 atom stereocenters. The molecule has 2 aromatic carbocycles. The number of hydrogen-bond acceptors (Lipinski definition) is 5. The fourth-order valence-electron chi connectivity index (χ4n) is 1.93. The third-order valence-corrected chi connectivity index (χ3v) is 3.23. The van der Waals surface area contributed by atoms with Gasteiger partial charge in [-0.2, -0.15) is 0 Å². The molecule has 0 aromatic heterocycles. The molecule has 2 rings (SSSR count). The molecule has 0 aliphatic rings. The molecule has 6 nitrogen and oxygen atoms in total. The molecule has 6 heteroatoms. The molecule has 0 unspecified atom stereocenters. The van der Waals surface area contributed by atoms with Crippen molar-refractivity contribution in [3.05, 3.63) is 75.8 Å². The van der Waals surface area contributed by atoms with E-state index in [1.54, 1.807) is 31.2 Å². The first-order valence-electron chi connectivity index (χ1n) is 7.27. The Labute approximate surface area is 138 Å². The second-order valence-electron chi connectivity index (χ2n) is 4.90. The Balaban J connectivity index is 1.97. The van der Waals surface area contributed by atoms with Crippen molar-refractivity contribution in [3.63, 3.8) is 0 Å². The molecule has 0 radical (unpaired) electrons. The molecule has 0 bridgehead atoms. The number of ether oxygens (including phenoxy) is 1. The molecular formula is C18H15NO5. The highest BCUT2D eigenvalue weighted by Gasteiger charge is 2.05. The van der Waals surface area contributed by atoms with E-state index in [2.05, 4.69) is 0 Å². The summed E-state index contributed by atoms with van der Waals surface area (Å²) in [4.78, 5) is 33.3. The zero-order valence-electron chi connectivity index (χ0n) is 13.0. The quantitative estimate of drug-likeness (QED) is 0.201. The summed E-state index contributed by atoms with van der Waals surface area (Å²) >= 11 is 0. The van der Waals surface area contributed by atoms with Gasteiger partial charge < -0.3 is 4.74 Å². The number of Topliss-reactive ketones (excluding diaryl/α,β-unsaturated/α-hetero) is 1. The highest BCUT2D eigenvalue weighted by Crippen LogP contribution is 2.15. The Morgan fingerprint density at radius 2 is 1.71 bits per heavy atom. The molecule has 0 fully saturated rings. The van der Waals surface area contributed by atoms with Gasteiger partial charge >= 0.3 is 5.97 Å². The molecular weight excluding hydrogens is 310 g/mol. The van der Waals surface area contributed by atoms with Crippen LogP contribution < -0.4 is 4.74 Å². The largest absolute Gasteiger partial charge is 0.423 e. The Hall–Kier alpha value is -3.28. The van der Waals surface area contributed by atoms with Crippen molar-refractivity contribution >= 4 is 23.5 Å². The molecule has 122 valence electrons. The summed E-state index contributed by atoms with van der Waals surface area (Å²) in [6.07, 6.45) is 3.14. The molecule has 0 amide bonds. The summed E-state index contributed by atoms with van der Waals surface area (Å²) in [7, 11) is 0. The minimum Gasteiger partial charge on any atom is -0.423 e. The molecule has 2 aromatic rings. The van der Waals surface area contributed by atoms with Gasteiger partial charge in [-0.3, -0.25) is 14.9 Å². The van der Waals surface area contributed by atoms with Crippen LogP contribution in [-0.2, 0) is 4.79 Å². The van der Waals surface area contributed by atoms with E-state index >= 15 is 0 Å². The molecule has 0 aliphatic heterocycles. The van der Waals surface area contributed by atoms with Crippen LogP contribution in [0, 0.1) is 10.1 Å². The van der Waals surface area contributed by atoms with Gasteiger partial charge in [-0.1, -0.05) is 6.92 Å². The van der Waals surface area contributed by atoms with Crippen LogP contribution in [0.15, 0.2) is 54.6 Å². The number of rotatable bonds is 6. The number of nitrogens with zero attached hydrogens (tertiary/aromatic N) is 1. The van der Waals surface area contributed by atoms with Crippen molar-refractivity contribution in [2.75, 3.05) is 0 Å². The van der Waals surface area contributed by atoms with Crippen molar-refractivity contribution in [2.24, 2.45) is 0 Å². The lowest BCUT2D eigenvalue weighted by Gasteiger charge is -2.02. The van der Waals surface area contributed by atoms with Gasteiger partial charge in [-0.25, -0.2) is 4.79 Å². The Kier molecular flexibility index (Phi) is 5.57. The summed E-state index contributed by atoms with van der Waals surface area (Å²) in [6.45, 7) is 1.78. The highest BCUT2D eigenvalue weighted by atomic mass is 16.6. The van der Waals surface area contributed by atoms with Crippen molar-refractivity contribution in [3.8, 4) is 5.75 Å². The van der Waals surface area contributed by atoms with Gasteiger partial charge in [0.05, 0.1) is 4.92 Å². The number of ketones is 1. The minimum absolute atomic E-state index is 0.0172. The first-order chi connectivity index (χ1) is 11.5. The van der Waals surface area contributed by atoms with Crippen LogP contribution in [0.3, 0.4) is 0 Å². The maximum Gasteiger partial charge on any atom is 0.336 e. The number of nitro groups is 1. The SMILES string of the molecule is CCC(=O)c1ccc(OC(=O)/C=C/c2ccc([N+](=O)[O-])cc2)cc1. The second-order valence-corrected chi connectivity index (χ2v) is 4.90. The van der Waals surface area contributed by atoms with Gasteiger partial charge in [0.25, 0.3) is 5.69 Å². The van der Waals surface area contributed by atoms with Crippen molar-refractivity contribution in [1.29, 1.82) is 0 Å². The van der Waals surface area contributed by atoms with E-state index in [1.807, 2.05) is 0 Å². The number of non-ortho nitro benzene ring substituents is 1. The Morgan fingerprint density at radius 3 is 2.25 bits per heavy atom. The van der Waals surface area contributed by atoms with Crippen LogP contribution in [0.2, 0.25) is 0 Å². The third kappa shape index (κ3) is 4.61. The van der Waals surface area contributed by atoms with Gasteiger partial charge in [0, 0.05) is 30.2 Å². The average molecular weight is 325 g/mol. The van der Waals surface area contributed by atoms with Crippen LogP contribution in [0.5, 0.6) is 5.75 Å². The van der Waals surface area contributed by atoms with Crippen LogP contribution in [0.4, 0.5) is 5.69 Å². The van der Waals surface area contributed by atoms with E-state index in [4.69, 9.17) is 4.74 Å².